The molecule has 0 radical (unpaired) electrons. The molecule has 1 saturated carbocycles. The van der Waals surface area contributed by atoms with Crippen molar-refractivity contribution in [1.82, 2.24) is 10.2 Å². The van der Waals surface area contributed by atoms with Crippen LogP contribution in [0.25, 0.3) is 0 Å². The second-order valence-electron chi connectivity index (χ2n) is 6.07. The zero-order valence-electron chi connectivity index (χ0n) is 13.1. The number of hydrogen-bond acceptors (Lipinski definition) is 4. The summed E-state index contributed by atoms with van der Waals surface area (Å²) in [5.41, 5.74) is -0.287. The van der Waals surface area contributed by atoms with Crippen LogP contribution >= 0.6 is 0 Å². The Kier molecular flexibility index (Phi) is 3.71. The van der Waals surface area contributed by atoms with E-state index < -0.39 is 17.5 Å². The van der Waals surface area contributed by atoms with Crippen molar-refractivity contribution < 1.29 is 19.1 Å². The van der Waals surface area contributed by atoms with Crippen molar-refractivity contribution in [3.05, 3.63) is 24.3 Å². The normalized spacial score (nSPS) is 23.7. The van der Waals surface area contributed by atoms with E-state index in [2.05, 4.69) is 10.6 Å². The van der Waals surface area contributed by atoms with Crippen molar-refractivity contribution in [2.24, 2.45) is 5.92 Å². The molecule has 23 heavy (non-hydrogen) atoms. The van der Waals surface area contributed by atoms with E-state index in [-0.39, 0.29) is 18.4 Å². The maximum Gasteiger partial charge on any atom is 0.325 e. The van der Waals surface area contributed by atoms with Crippen molar-refractivity contribution in [1.29, 1.82) is 0 Å². The summed E-state index contributed by atoms with van der Waals surface area (Å²) in [6, 6.07) is 6.31. The van der Waals surface area contributed by atoms with Crippen LogP contribution in [0.2, 0.25) is 0 Å². The Hall–Kier alpha value is -2.57. The highest BCUT2D eigenvalue weighted by molar-refractivity contribution is 6.10. The number of imide groups is 1. The van der Waals surface area contributed by atoms with Crippen molar-refractivity contribution in [3.8, 4) is 5.75 Å². The summed E-state index contributed by atoms with van der Waals surface area (Å²) in [6.45, 7) is 1.44. The first-order valence-electron chi connectivity index (χ1n) is 7.52. The molecular formula is C16H19N3O4. The molecule has 0 aromatic heterocycles. The summed E-state index contributed by atoms with van der Waals surface area (Å²) in [7, 11) is 1.56. The lowest BCUT2D eigenvalue weighted by molar-refractivity contribution is -0.134. The summed E-state index contributed by atoms with van der Waals surface area (Å²) in [4.78, 5) is 37.5. The lowest BCUT2D eigenvalue weighted by atomic mass is 9.96. The zero-order valence-corrected chi connectivity index (χ0v) is 13.1. The minimum Gasteiger partial charge on any atom is -0.497 e. The minimum atomic E-state index is -0.864. The summed E-state index contributed by atoms with van der Waals surface area (Å²) in [5, 5.41) is 5.38. The van der Waals surface area contributed by atoms with Gasteiger partial charge in [0.2, 0.25) is 5.91 Å². The third-order valence-electron chi connectivity index (χ3n) is 4.37. The number of nitrogens with one attached hydrogen (secondary N) is 2. The van der Waals surface area contributed by atoms with Gasteiger partial charge >= 0.3 is 6.03 Å². The lowest BCUT2D eigenvalue weighted by Gasteiger charge is -2.20. The van der Waals surface area contributed by atoms with Crippen molar-refractivity contribution >= 4 is 23.5 Å². The Morgan fingerprint density at radius 3 is 2.57 bits per heavy atom. The highest BCUT2D eigenvalue weighted by Crippen LogP contribution is 2.42. The highest BCUT2D eigenvalue weighted by Gasteiger charge is 2.56. The zero-order chi connectivity index (χ0) is 16.6. The average Bonchev–Trinajstić information content (AvgIpc) is 3.34. The van der Waals surface area contributed by atoms with Gasteiger partial charge in [-0.1, -0.05) is 0 Å². The summed E-state index contributed by atoms with van der Waals surface area (Å²) >= 11 is 0. The molecular weight excluding hydrogens is 298 g/mol. The number of nitrogens with zero attached hydrogens (tertiary/aromatic N) is 1. The van der Waals surface area contributed by atoms with Crippen LogP contribution in [0, 0.1) is 5.92 Å². The quantitative estimate of drug-likeness (QED) is 0.803. The number of ether oxygens (including phenoxy) is 1. The molecule has 0 bridgehead atoms. The number of amides is 4. The van der Waals surface area contributed by atoms with Crippen LogP contribution in [0.5, 0.6) is 5.75 Å². The molecule has 1 aromatic rings. The van der Waals surface area contributed by atoms with Gasteiger partial charge < -0.3 is 15.4 Å². The molecule has 1 aromatic carbocycles. The number of hydrogen-bond donors (Lipinski definition) is 2. The van der Waals surface area contributed by atoms with Gasteiger partial charge in [-0.15, -0.1) is 0 Å². The number of anilines is 1. The first kappa shape index (κ1) is 15.3. The van der Waals surface area contributed by atoms with Gasteiger partial charge in [-0.2, -0.15) is 0 Å². The number of benzene rings is 1. The molecule has 1 saturated heterocycles. The molecule has 1 heterocycles. The summed E-state index contributed by atoms with van der Waals surface area (Å²) < 4.78 is 5.04. The van der Waals surface area contributed by atoms with Gasteiger partial charge in [0.25, 0.3) is 5.91 Å². The number of methoxy groups -OCH3 is 1. The molecule has 0 spiro atoms. The predicted molar refractivity (Wildman–Crippen MR) is 83.0 cm³/mol. The molecule has 1 atom stereocenters. The molecule has 2 fully saturated rings. The van der Waals surface area contributed by atoms with Gasteiger partial charge in [-0.05, 0) is 49.9 Å². The maximum absolute atomic E-state index is 12.4. The molecule has 1 unspecified atom stereocenters. The Morgan fingerprint density at radius 1 is 1.35 bits per heavy atom. The molecule has 7 heteroatoms. The van der Waals surface area contributed by atoms with Crippen molar-refractivity contribution in [3.63, 3.8) is 0 Å². The number of urea groups is 1. The van der Waals surface area contributed by atoms with Crippen LogP contribution in [-0.2, 0) is 9.59 Å². The SMILES string of the molecule is COc1ccc(NC(=O)CN2C(=O)NC(C)(C3CC3)C2=O)cc1. The van der Waals surface area contributed by atoms with Crippen LogP contribution in [0.15, 0.2) is 24.3 Å². The van der Waals surface area contributed by atoms with E-state index in [0.29, 0.717) is 11.4 Å². The summed E-state index contributed by atoms with van der Waals surface area (Å²) in [5.74, 6) is 0.111. The molecule has 7 nitrogen and oxygen atoms in total. The Morgan fingerprint density at radius 2 is 2.00 bits per heavy atom. The monoisotopic (exact) mass is 317 g/mol. The van der Waals surface area contributed by atoms with Gasteiger partial charge in [-0.3, -0.25) is 14.5 Å². The third-order valence-corrected chi connectivity index (χ3v) is 4.37. The van der Waals surface area contributed by atoms with E-state index in [1.807, 2.05) is 0 Å². The van der Waals surface area contributed by atoms with Crippen molar-refractivity contribution in [2.45, 2.75) is 25.3 Å². The van der Waals surface area contributed by atoms with Crippen LogP contribution in [-0.4, -0.2) is 41.9 Å². The van der Waals surface area contributed by atoms with E-state index in [1.54, 1.807) is 38.3 Å². The van der Waals surface area contributed by atoms with E-state index in [4.69, 9.17) is 4.74 Å². The van der Waals surface area contributed by atoms with Crippen LogP contribution in [0.3, 0.4) is 0 Å². The standard InChI is InChI=1S/C16H19N3O4/c1-16(10-3-4-10)14(21)19(15(22)18-16)9-13(20)17-11-5-7-12(23-2)8-6-11/h5-8,10H,3-4,9H2,1-2H3,(H,17,20)(H,18,22). The molecule has 122 valence electrons. The predicted octanol–water partition coefficient (Wildman–Crippen LogP) is 1.35. The van der Waals surface area contributed by atoms with Gasteiger partial charge in [0.15, 0.2) is 0 Å². The van der Waals surface area contributed by atoms with Gasteiger partial charge in [0.05, 0.1) is 7.11 Å². The van der Waals surface area contributed by atoms with Crippen molar-refractivity contribution in [2.75, 3.05) is 19.0 Å². The van der Waals surface area contributed by atoms with Crippen LogP contribution in [0.1, 0.15) is 19.8 Å². The van der Waals surface area contributed by atoms with Crippen LogP contribution in [0.4, 0.5) is 10.5 Å². The average molecular weight is 317 g/mol. The first-order valence-corrected chi connectivity index (χ1v) is 7.52. The maximum atomic E-state index is 12.4. The smallest absolute Gasteiger partial charge is 0.325 e. The Bertz CT molecular complexity index is 654. The molecule has 1 aliphatic heterocycles. The number of rotatable bonds is 5. The molecule has 3 rings (SSSR count). The van der Waals surface area contributed by atoms with Crippen LogP contribution < -0.4 is 15.4 Å². The minimum absolute atomic E-state index is 0.175. The second kappa shape index (κ2) is 5.57. The molecule has 1 aliphatic carbocycles. The molecule has 4 amide bonds. The second-order valence-corrected chi connectivity index (χ2v) is 6.07. The fraction of sp³-hybridized carbons (Fsp3) is 0.438. The Labute approximate surface area is 134 Å². The third kappa shape index (κ3) is 2.86. The Balaban J connectivity index is 1.63. The van der Waals surface area contributed by atoms with Gasteiger partial charge in [0.1, 0.15) is 17.8 Å². The van der Waals surface area contributed by atoms with E-state index in [0.717, 1.165) is 17.7 Å². The summed E-state index contributed by atoms with van der Waals surface area (Å²) in [6.07, 6.45) is 1.85. The first-order chi connectivity index (χ1) is 10.9. The van der Waals surface area contributed by atoms with Gasteiger partial charge in [0, 0.05) is 5.69 Å². The fourth-order valence-electron chi connectivity index (χ4n) is 2.82. The lowest BCUT2D eigenvalue weighted by Crippen LogP contribution is -2.46. The van der Waals surface area contributed by atoms with Gasteiger partial charge in [-0.25, -0.2) is 4.79 Å². The highest BCUT2D eigenvalue weighted by atomic mass is 16.5. The number of carbonyl (C=O) groups excluding carboxylic acids is 3. The fourth-order valence-corrected chi connectivity index (χ4v) is 2.82. The van der Waals surface area contributed by atoms with E-state index in [1.165, 1.54) is 0 Å². The molecule has 2 N–H and O–H groups in total. The topological polar surface area (TPSA) is 87.7 Å². The van der Waals surface area contributed by atoms with E-state index in [9.17, 15) is 14.4 Å². The largest absolute Gasteiger partial charge is 0.497 e. The number of carbonyl (C=O) groups is 3. The molecule has 2 aliphatic rings. The van der Waals surface area contributed by atoms with E-state index >= 15 is 0 Å².